The lowest BCUT2D eigenvalue weighted by Gasteiger charge is -2.05. The SMILES string of the molecule is CC[Si](CC)c1ccc(-c2ccc(-c3ccc([Si](CC)CC)s3)s2)s1. The maximum absolute atomic E-state index is 2.39. The maximum atomic E-state index is 2.39. The second kappa shape index (κ2) is 8.95. The van der Waals surface area contributed by atoms with Crippen LogP contribution in [0.15, 0.2) is 36.4 Å². The van der Waals surface area contributed by atoms with Crippen LogP contribution >= 0.6 is 34.0 Å². The van der Waals surface area contributed by atoms with E-state index in [1.807, 2.05) is 34.0 Å². The number of hydrogen-bond donors (Lipinski definition) is 0. The molecule has 0 bridgehead atoms. The van der Waals surface area contributed by atoms with E-state index in [-0.39, 0.29) is 17.6 Å². The minimum atomic E-state index is -0.315. The van der Waals surface area contributed by atoms with Crippen LogP contribution < -0.4 is 9.00 Å². The lowest BCUT2D eigenvalue weighted by Crippen LogP contribution is -2.24. The zero-order valence-electron chi connectivity index (χ0n) is 15.5. The van der Waals surface area contributed by atoms with Crippen molar-refractivity contribution < 1.29 is 0 Å². The molecule has 0 aliphatic heterocycles. The summed E-state index contributed by atoms with van der Waals surface area (Å²) >= 11 is 6.03. The van der Waals surface area contributed by atoms with Crippen molar-refractivity contribution in [1.82, 2.24) is 0 Å². The van der Waals surface area contributed by atoms with Gasteiger partial charge in [-0.05, 0) is 33.3 Å². The normalized spacial score (nSPS) is 11.8. The summed E-state index contributed by atoms with van der Waals surface area (Å²) < 4.78 is 3.30. The molecular formula is C20H26S3Si2. The third-order valence-electron chi connectivity index (χ3n) is 4.71. The summed E-state index contributed by atoms with van der Waals surface area (Å²) in [6, 6.07) is 19.5. The molecule has 0 atom stereocenters. The first-order chi connectivity index (χ1) is 12.2. The topological polar surface area (TPSA) is 0 Å². The Balaban J connectivity index is 1.81. The molecule has 3 aromatic rings. The molecule has 0 amide bonds. The quantitative estimate of drug-likeness (QED) is 0.357. The van der Waals surface area contributed by atoms with Crippen molar-refractivity contribution in [3.05, 3.63) is 36.4 Å². The van der Waals surface area contributed by atoms with Gasteiger partial charge in [0.1, 0.15) is 0 Å². The maximum Gasteiger partial charge on any atom is 0.0987 e. The molecule has 5 heteroatoms. The van der Waals surface area contributed by atoms with Gasteiger partial charge in [-0.15, -0.1) is 34.0 Å². The van der Waals surface area contributed by atoms with E-state index in [0.717, 1.165) is 0 Å². The van der Waals surface area contributed by atoms with Crippen molar-refractivity contribution in [3.63, 3.8) is 0 Å². The molecule has 3 rings (SSSR count). The monoisotopic (exact) mass is 418 g/mol. The molecule has 0 saturated carbocycles. The van der Waals surface area contributed by atoms with Crippen LogP contribution in [0, 0.1) is 0 Å². The van der Waals surface area contributed by atoms with Crippen LogP contribution in [0.2, 0.25) is 24.2 Å². The number of thiophene rings is 3. The average molecular weight is 419 g/mol. The van der Waals surface area contributed by atoms with Crippen LogP contribution in [0.3, 0.4) is 0 Å². The van der Waals surface area contributed by atoms with Gasteiger partial charge in [-0.1, -0.05) is 64.0 Å². The van der Waals surface area contributed by atoms with Gasteiger partial charge in [0.15, 0.2) is 0 Å². The van der Waals surface area contributed by atoms with Gasteiger partial charge >= 0.3 is 0 Å². The predicted octanol–water partition coefficient (Wildman–Crippen LogP) is 6.69. The summed E-state index contributed by atoms with van der Waals surface area (Å²) in [7, 11) is -0.630. The highest BCUT2D eigenvalue weighted by Gasteiger charge is 2.16. The third kappa shape index (κ3) is 4.27. The van der Waals surface area contributed by atoms with Crippen LogP contribution in [0.4, 0.5) is 0 Å². The molecule has 2 radical (unpaired) electrons. The van der Waals surface area contributed by atoms with E-state index in [1.165, 1.54) is 43.7 Å². The van der Waals surface area contributed by atoms with Crippen LogP contribution in [0.25, 0.3) is 19.5 Å². The highest BCUT2D eigenvalue weighted by Crippen LogP contribution is 2.37. The minimum absolute atomic E-state index is 0.315. The third-order valence-corrected chi connectivity index (χ3v) is 15.5. The Morgan fingerprint density at radius 2 is 0.840 bits per heavy atom. The summed E-state index contributed by atoms with van der Waals surface area (Å²) in [5.74, 6) is 0. The van der Waals surface area contributed by atoms with Gasteiger partial charge in [-0.2, -0.15) is 0 Å². The Labute approximate surface area is 167 Å². The van der Waals surface area contributed by atoms with Gasteiger partial charge in [0.05, 0.1) is 17.6 Å². The summed E-state index contributed by atoms with van der Waals surface area (Å²) in [5.41, 5.74) is 0. The number of hydrogen-bond acceptors (Lipinski definition) is 3. The average Bonchev–Trinajstić information content (AvgIpc) is 3.37. The first-order valence-corrected chi connectivity index (χ1v) is 15.5. The molecule has 0 aliphatic rings. The van der Waals surface area contributed by atoms with Gasteiger partial charge in [-0.25, -0.2) is 0 Å². The molecule has 0 aromatic carbocycles. The van der Waals surface area contributed by atoms with Crippen molar-refractivity contribution in [2.75, 3.05) is 0 Å². The molecule has 0 aliphatic carbocycles. The molecule has 0 nitrogen and oxygen atoms in total. The lowest BCUT2D eigenvalue weighted by molar-refractivity contribution is 1.33. The highest BCUT2D eigenvalue weighted by molar-refractivity contribution is 7.31. The van der Waals surface area contributed by atoms with Gasteiger partial charge in [0, 0.05) is 19.5 Å². The lowest BCUT2D eigenvalue weighted by atomic mass is 10.3. The minimum Gasteiger partial charge on any atom is -0.144 e. The molecular weight excluding hydrogens is 393 g/mol. The van der Waals surface area contributed by atoms with Gasteiger partial charge in [0.25, 0.3) is 0 Å². The molecule has 3 heterocycles. The van der Waals surface area contributed by atoms with Crippen LogP contribution in [-0.4, -0.2) is 17.6 Å². The first-order valence-electron chi connectivity index (χ1n) is 9.20. The fourth-order valence-corrected chi connectivity index (χ4v) is 12.4. The molecule has 132 valence electrons. The molecule has 0 N–H and O–H groups in total. The van der Waals surface area contributed by atoms with E-state index in [0.29, 0.717) is 0 Å². The first kappa shape index (κ1) is 19.3. The van der Waals surface area contributed by atoms with Crippen LogP contribution in [-0.2, 0) is 0 Å². The molecule has 25 heavy (non-hydrogen) atoms. The summed E-state index contributed by atoms with van der Waals surface area (Å²) in [6.45, 7) is 9.38. The Hall–Kier alpha value is -0.466. The standard InChI is InChI=1S/C20H26S3Si2/c1-5-24(6-2)19-13-11-17(22-19)15-9-10-16(21-15)18-12-14-20(23-18)25(7-3)8-4/h9-14H,5-8H2,1-4H3. The Morgan fingerprint density at radius 1 is 0.520 bits per heavy atom. The van der Waals surface area contributed by atoms with Crippen molar-refractivity contribution in [3.8, 4) is 19.5 Å². The van der Waals surface area contributed by atoms with E-state index in [9.17, 15) is 0 Å². The fraction of sp³-hybridized carbons (Fsp3) is 0.400. The van der Waals surface area contributed by atoms with Crippen molar-refractivity contribution >= 4 is 60.6 Å². The fourth-order valence-electron chi connectivity index (χ4n) is 3.12. The van der Waals surface area contributed by atoms with E-state index >= 15 is 0 Å². The largest absolute Gasteiger partial charge is 0.144 e. The Bertz CT molecular complexity index is 727. The molecule has 0 fully saturated rings. The summed E-state index contributed by atoms with van der Waals surface area (Å²) in [5, 5.41) is 0. The van der Waals surface area contributed by atoms with Gasteiger partial charge in [0.2, 0.25) is 0 Å². The number of rotatable bonds is 8. The summed E-state index contributed by atoms with van der Waals surface area (Å²) in [4.78, 5) is 5.79. The molecule has 0 saturated heterocycles. The highest BCUT2D eigenvalue weighted by atomic mass is 32.1. The van der Waals surface area contributed by atoms with Gasteiger partial charge in [-0.3, -0.25) is 0 Å². The smallest absolute Gasteiger partial charge is 0.0987 e. The van der Waals surface area contributed by atoms with Crippen molar-refractivity contribution in [1.29, 1.82) is 0 Å². The molecule has 0 spiro atoms. The van der Waals surface area contributed by atoms with Crippen LogP contribution in [0.5, 0.6) is 0 Å². The predicted molar refractivity (Wildman–Crippen MR) is 124 cm³/mol. The Kier molecular flexibility index (Phi) is 6.91. The van der Waals surface area contributed by atoms with Crippen molar-refractivity contribution in [2.24, 2.45) is 0 Å². The Morgan fingerprint density at radius 3 is 1.20 bits per heavy atom. The molecule has 0 unspecified atom stereocenters. The second-order valence-corrected chi connectivity index (χ2v) is 16.4. The van der Waals surface area contributed by atoms with E-state index in [2.05, 4.69) is 64.1 Å². The van der Waals surface area contributed by atoms with Crippen LogP contribution in [0.1, 0.15) is 27.7 Å². The van der Waals surface area contributed by atoms with Gasteiger partial charge < -0.3 is 0 Å². The van der Waals surface area contributed by atoms with Crippen molar-refractivity contribution in [2.45, 2.75) is 51.9 Å². The van der Waals surface area contributed by atoms with E-state index in [1.54, 1.807) is 9.00 Å². The molecule has 3 aromatic heterocycles. The van der Waals surface area contributed by atoms with E-state index in [4.69, 9.17) is 0 Å². The zero-order valence-corrected chi connectivity index (χ0v) is 20.0. The second-order valence-electron chi connectivity index (χ2n) is 6.11. The zero-order chi connectivity index (χ0) is 17.8. The van der Waals surface area contributed by atoms with E-state index < -0.39 is 0 Å². The summed E-state index contributed by atoms with van der Waals surface area (Å²) in [6.07, 6.45) is 0.